The number of aromatic hydroxyl groups is 2. The number of phenolic OH excluding ortho intramolecular Hbond substituents is 2. The van der Waals surface area contributed by atoms with Crippen LogP contribution in [-0.2, 0) is 6.42 Å². The molecule has 0 saturated heterocycles. The number of hydrogen-bond acceptors (Lipinski definition) is 4. The molecule has 1 atom stereocenters. The van der Waals surface area contributed by atoms with E-state index in [4.69, 9.17) is 0 Å². The molecule has 0 spiro atoms. The van der Waals surface area contributed by atoms with Crippen LogP contribution in [0.15, 0.2) is 48.5 Å². The summed E-state index contributed by atoms with van der Waals surface area (Å²) >= 11 is 0. The van der Waals surface area contributed by atoms with E-state index in [1.54, 1.807) is 6.92 Å². The van der Waals surface area contributed by atoms with Crippen LogP contribution < -0.4 is 5.32 Å². The van der Waals surface area contributed by atoms with Crippen LogP contribution in [0.3, 0.4) is 0 Å². The predicted molar refractivity (Wildman–Crippen MR) is 86.3 cm³/mol. The van der Waals surface area contributed by atoms with E-state index in [1.807, 2.05) is 18.2 Å². The number of nitrogens with one attached hydrogen (secondary N) is 1. The molecule has 0 aliphatic carbocycles. The molecule has 0 amide bonds. The molecule has 2 rings (SSSR count). The number of hydrogen-bond donors (Lipinski definition) is 3. The molecular formula is C18H21NO3. The van der Waals surface area contributed by atoms with Crippen molar-refractivity contribution in [1.29, 1.82) is 0 Å². The Labute approximate surface area is 130 Å². The third-order valence-electron chi connectivity index (χ3n) is 3.59. The van der Waals surface area contributed by atoms with Crippen molar-refractivity contribution < 1.29 is 15.0 Å². The quantitative estimate of drug-likeness (QED) is 0.418. The number of aryl methyl sites for hydroxylation is 1. The van der Waals surface area contributed by atoms with Gasteiger partial charge in [-0.05, 0) is 50.1 Å². The van der Waals surface area contributed by atoms with E-state index in [1.165, 1.54) is 23.8 Å². The number of benzene rings is 2. The molecule has 0 bridgehead atoms. The molecule has 0 aliphatic heterocycles. The lowest BCUT2D eigenvalue weighted by molar-refractivity contribution is 0.0950. The summed E-state index contributed by atoms with van der Waals surface area (Å²) in [5.74, 6) is -0.600. The lowest BCUT2D eigenvalue weighted by Crippen LogP contribution is -2.34. The lowest BCUT2D eigenvalue weighted by Gasteiger charge is -2.13. The van der Waals surface area contributed by atoms with E-state index in [2.05, 4.69) is 17.4 Å². The van der Waals surface area contributed by atoms with Crippen LogP contribution in [0.4, 0.5) is 0 Å². The fourth-order valence-electron chi connectivity index (χ4n) is 2.28. The van der Waals surface area contributed by atoms with E-state index in [0.29, 0.717) is 5.56 Å². The van der Waals surface area contributed by atoms with Gasteiger partial charge in [0, 0.05) is 5.56 Å². The van der Waals surface area contributed by atoms with Crippen molar-refractivity contribution in [1.82, 2.24) is 5.32 Å². The van der Waals surface area contributed by atoms with Gasteiger partial charge in [-0.1, -0.05) is 30.3 Å². The van der Waals surface area contributed by atoms with Gasteiger partial charge in [0.25, 0.3) is 0 Å². The molecule has 4 heteroatoms. The first kappa shape index (κ1) is 16.0. The van der Waals surface area contributed by atoms with E-state index < -0.39 is 0 Å². The van der Waals surface area contributed by atoms with Gasteiger partial charge in [-0.3, -0.25) is 4.79 Å². The molecule has 116 valence electrons. The number of Topliss-reactive ketones (excluding diaryl/α,β-unsaturated/α-hetero) is 1. The van der Waals surface area contributed by atoms with Gasteiger partial charge in [0.2, 0.25) is 0 Å². The van der Waals surface area contributed by atoms with Gasteiger partial charge in [-0.15, -0.1) is 0 Å². The van der Waals surface area contributed by atoms with Gasteiger partial charge in [0.1, 0.15) is 0 Å². The minimum atomic E-state index is -0.334. The van der Waals surface area contributed by atoms with Crippen LogP contribution in [0.5, 0.6) is 11.5 Å². The molecule has 0 fully saturated rings. The van der Waals surface area contributed by atoms with E-state index >= 15 is 0 Å². The zero-order valence-corrected chi connectivity index (χ0v) is 12.6. The Morgan fingerprint density at radius 2 is 1.82 bits per heavy atom. The van der Waals surface area contributed by atoms with E-state index in [0.717, 1.165) is 19.4 Å². The number of rotatable bonds is 7. The Bertz CT molecular complexity index is 625. The third kappa shape index (κ3) is 4.33. The molecule has 0 aromatic heterocycles. The van der Waals surface area contributed by atoms with Gasteiger partial charge in [-0.25, -0.2) is 0 Å². The van der Waals surface area contributed by atoms with Crippen molar-refractivity contribution in [3.63, 3.8) is 0 Å². The summed E-state index contributed by atoms with van der Waals surface area (Å²) in [6, 6.07) is 14.0. The molecule has 2 aromatic carbocycles. The van der Waals surface area contributed by atoms with Crippen LogP contribution in [0, 0.1) is 0 Å². The largest absolute Gasteiger partial charge is 0.504 e. The van der Waals surface area contributed by atoms with Gasteiger partial charge < -0.3 is 15.5 Å². The first-order valence-corrected chi connectivity index (χ1v) is 7.41. The summed E-state index contributed by atoms with van der Waals surface area (Å²) in [4.78, 5) is 12.2. The Hall–Kier alpha value is -2.33. The van der Waals surface area contributed by atoms with Crippen LogP contribution in [0.1, 0.15) is 29.3 Å². The normalized spacial score (nSPS) is 12.0. The number of ketones is 1. The average molecular weight is 299 g/mol. The Morgan fingerprint density at radius 1 is 1.09 bits per heavy atom. The second-order valence-corrected chi connectivity index (χ2v) is 5.33. The lowest BCUT2D eigenvalue weighted by atomic mass is 10.0. The molecule has 0 aliphatic rings. The van der Waals surface area contributed by atoms with Gasteiger partial charge >= 0.3 is 0 Å². The van der Waals surface area contributed by atoms with E-state index in [9.17, 15) is 15.0 Å². The summed E-state index contributed by atoms with van der Waals surface area (Å²) in [7, 11) is 0. The van der Waals surface area contributed by atoms with Crippen molar-refractivity contribution in [2.75, 3.05) is 6.54 Å². The minimum Gasteiger partial charge on any atom is -0.504 e. The van der Waals surface area contributed by atoms with Crippen LogP contribution in [0.2, 0.25) is 0 Å². The SMILES string of the molecule is CC(NCCCc1ccccc1)C(=O)c1ccc(O)c(O)c1. The fourth-order valence-corrected chi connectivity index (χ4v) is 2.28. The smallest absolute Gasteiger partial charge is 0.179 e. The van der Waals surface area contributed by atoms with Crippen LogP contribution in [-0.4, -0.2) is 28.6 Å². The highest BCUT2D eigenvalue weighted by Gasteiger charge is 2.15. The maximum absolute atomic E-state index is 12.2. The molecule has 0 saturated carbocycles. The summed E-state index contributed by atoms with van der Waals surface area (Å²) in [6.45, 7) is 2.54. The fraction of sp³-hybridized carbons (Fsp3) is 0.278. The zero-order valence-electron chi connectivity index (χ0n) is 12.6. The van der Waals surface area contributed by atoms with Gasteiger partial charge in [-0.2, -0.15) is 0 Å². The molecule has 3 N–H and O–H groups in total. The summed E-state index contributed by atoms with van der Waals surface area (Å²) in [6.07, 6.45) is 1.91. The Balaban J connectivity index is 1.80. The monoisotopic (exact) mass is 299 g/mol. The van der Waals surface area contributed by atoms with Crippen molar-refractivity contribution >= 4 is 5.78 Å². The zero-order chi connectivity index (χ0) is 15.9. The predicted octanol–water partition coefficient (Wildman–Crippen LogP) is 2.89. The first-order chi connectivity index (χ1) is 10.6. The molecular weight excluding hydrogens is 278 g/mol. The van der Waals surface area contributed by atoms with Crippen LogP contribution in [0.25, 0.3) is 0 Å². The molecule has 4 nitrogen and oxygen atoms in total. The summed E-state index contributed by atoms with van der Waals surface area (Å²) in [5.41, 5.74) is 1.67. The minimum absolute atomic E-state index is 0.102. The maximum atomic E-state index is 12.2. The Morgan fingerprint density at radius 3 is 2.50 bits per heavy atom. The summed E-state index contributed by atoms with van der Waals surface area (Å²) in [5, 5.41) is 21.9. The van der Waals surface area contributed by atoms with Crippen molar-refractivity contribution in [3.05, 3.63) is 59.7 Å². The third-order valence-corrected chi connectivity index (χ3v) is 3.59. The molecule has 22 heavy (non-hydrogen) atoms. The standard InChI is InChI=1S/C18H21NO3/c1-13(18(22)15-9-10-16(20)17(21)12-15)19-11-5-8-14-6-3-2-4-7-14/h2-4,6-7,9-10,12-13,19-21H,5,8,11H2,1H3. The molecule has 0 heterocycles. The second kappa shape index (κ2) is 7.61. The Kier molecular flexibility index (Phi) is 5.55. The van der Waals surface area contributed by atoms with Crippen LogP contribution >= 0.6 is 0 Å². The highest BCUT2D eigenvalue weighted by Crippen LogP contribution is 2.25. The molecule has 0 radical (unpaired) electrons. The number of carbonyl (C=O) groups is 1. The number of carbonyl (C=O) groups excluding carboxylic acids is 1. The maximum Gasteiger partial charge on any atom is 0.179 e. The van der Waals surface area contributed by atoms with Gasteiger partial charge in [0.05, 0.1) is 6.04 Å². The van der Waals surface area contributed by atoms with Crippen molar-refractivity contribution in [2.24, 2.45) is 0 Å². The second-order valence-electron chi connectivity index (χ2n) is 5.33. The highest BCUT2D eigenvalue weighted by atomic mass is 16.3. The first-order valence-electron chi connectivity index (χ1n) is 7.41. The van der Waals surface area contributed by atoms with E-state index in [-0.39, 0.29) is 23.3 Å². The molecule has 1 unspecified atom stereocenters. The average Bonchev–Trinajstić information content (AvgIpc) is 2.54. The van der Waals surface area contributed by atoms with Crippen molar-refractivity contribution in [2.45, 2.75) is 25.8 Å². The molecule has 2 aromatic rings. The highest BCUT2D eigenvalue weighted by molar-refractivity contribution is 6.00. The van der Waals surface area contributed by atoms with Crippen molar-refractivity contribution in [3.8, 4) is 11.5 Å². The number of phenols is 2. The topological polar surface area (TPSA) is 69.6 Å². The summed E-state index contributed by atoms with van der Waals surface area (Å²) < 4.78 is 0. The van der Waals surface area contributed by atoms with Gasteiger partial charge in [0.15, 0.2) is 17.3 Å².